The summed E-state index contributed by atoms with van der Waals surface area (Å²) >= 11 is 1.50. The Bertz CT molecular complexity index is 928. The molecule has 2 aromatic rings. The number of benzene rings is 1. The standard InChI is InChI=1S/C20H27N3O3S2/c1-4-17-5-7-18(8-6-17)21-20(24)14-22-9-11-23(12-10-22)28(25,26)19-13-15(2)27-16(19)3/h5-8,13H,4,9-12,14H2,1-3H3,(H,21,24). The molecule has 1 aromatic heterocycles. The summed E-state index contributed by atoms with van der Waals surface area (Å²) in [6.07, 6.45) is 0.964. The minimum absolute atomic E-state index is 0.0788. The highest BCUT2D eigenvalue weighted by Crippen LogP contribution is 2.28. The fourth-order valence-electron chi connectivity index (χ4n) is 3.36. The Kier molecular flexibility index (Phi) is 6.54. The molecule has 0 bridgehead atoms. The molecule has 1 aliphatic rings. The maximum Gasteiger partial charge on any atom is 0.244 e. The molecule has 8 heteroatoms. The van der Waals surface area contributed by atoms with Crippen molar-refractivity contribution in [2.75, 3.05) is 38.0 Å². The molecule has 0 saturated carbocycles. The topological polar surface area (TPSA) is 69.7 Å². The minimum atomic E-state index is -3.46. The van der Waals surface area contributed by atoms with E-state index in [1.807, 2.05) is 43.0 Å². The molecular weight excluding hydrogens is 394 g/mol. The van der Waals surface area contributed by atoms with Crippen molar-refractivity contribution >= 4 is 33.0 Å². The van der Waals surface area contributed by atoms with E-state index < -0.39 is 10.0 Å². The molecule has 1 aliphatic heterocycles. The smallest absolute Gasteiger partial charge is 0.244 e. The van der Waals surface area contributed by atoms with E-state index in [0.717, 1.165) is 21.9 Å². The van der Waals surface area contributed by atoms with Crippen LogP contribution >= 0.6 is 11.3 Å². The number of nitrogens with zero attached hydrogens (tertiary/aromatic N) is 2. The average Bonchev–Trinajstić information content (AvgIpc) is 3.01. The van der Waals surface area contributed by atoms with E-state index >= 15 is 0 Å². The van der Waals surface area contributed by atoms with E-state index in [1.54, 1.807) is 6.07 Å². The van der Waals surface area contributed by atoms with Crippen molar-refractivity contribution in [2.45, 2.75) is 32.1 Å². The number of anilines is 1. The van der Waals surface area contributed by atoms with Crippen LogP contribution in [-0.4, -0.2) is 56.3 Å². The van der Waals surface area contributed by atoms with Gasteiger partial charge in [0.05, 0.1) is 11.4 Å². The highest BCUT2D eigenvalue weighted by molar-refractivity contribution is 7.89. The number of rotatable bonds is 6. The Balaban J connectivity index is 1.53. The van der Waals surface area contributed by atoms with Gasteiger partial charge in [-0.05, 0) is 44.0 Å². The summed E-state index contributed by atoms with van der Waals surface area (Å²) in [6, 6.07) is 9.58. The van der Waals surface area contributed by atoms with Gasteiger partial charge in [0.25, 0.3) is 0 Å². The zero-order valence-electron chi connectivity index (χ0n) is 16.6. The zero-order valence-corrected chi connectivity index (χ0v) is 18.2. The molecule has 0 aliphatic carbocycles. The first-order valence-electron chi connectivity index (χ1n) is 9.48. The zero-order chi connectivity index (χ0) is 20.3. The van der Waals surface area contributed by atoms with Crippen LogP contribution < -0.4 is 5.32 Å². The predicted molar refractivity (Wildman–Crippen MR) is 113 cm³/mol. The molecule has 1 N–H and O–H groups in total. The van der Waals surface area contributed by atoms with Gasteiger partial charge in [0, 0.05) is 41.6 Å². The summed E-state index contributed by atoms with van der Waals surface area (Å²) in [7, 11) is -3.46. The van der Waals surface area contributed by atoms with Crippen molar-refractivity contribution in [3.05, 3.63) is 45.6 Å². The monoisotopic (exact) mass is 421 g/mol. The molecule has 0 unspecified atom stereocenters. The van der Waals surface area contributed by atoms with Crippen LogP contribution in [0.2, 0.25) is 0 Å². The number of carbonyl (C=O) groups excluding carboxylic acids is 1. The fraction of sp³-hybridized carbons (Fsp3) is 0.450. The number of thiophene rings is 1. The van der Waals surface area contributed by atoms with Gasteiger partial charge in [0.15, 0.2) is 0 Å². The van der Waals surface area contributed by atoms with Gasteiger partial charge in [0.2, 0.25) is 15.9 Å². The van der Waals surface area contributed by atoms with Gasteiger partial charge in [-0.2, -0.15) is 4.31 Å². The van der Waals surface area contributed by atoms with E-state index in [2.05, 4.69) is 12.2 Å². The van der Waals surface area contributed by atoms with Crippen LogP contribution in [0.25, 0.3) is 0 Å². The highest BCUT2D eigenvalue weighted by atomic mass is 32.2. The maximum atomic E-state index is 12.9. The second-order valence-corrected chi connectivity index (χ2v) is 10.4. The number of nitrogens with one attached hydrogen (secondary N) is 1. The predicted octanol–water partition coefficient (Wildman–Crippen LogP) is 2.87. The molecule has 0 atom stereocenters. The minimum Gasteiger partial charge on any atom is -0.325 e. The van der Waals surface area contributed by atoms with Gasteiger partial charge in [-0.3, -0.25) is 9.69 Å². The third kappa shape index (κ3) is 4.81. The van der Waals surface area contributed by atoms with Gasteiger partial charge < -0.3 is 5.32 Å². The lowest BCUT2D eigenvalue weighted by Gasteiger charge is -2.33. The maximum absolute atomic E-state index is 12.9. The lowest BCUT2D eigenvalue weighted by atomic mass is 10.1. The van der Waals surface area contributed by atoms with Crippen LogP contribution in [-0.2, 0) is 21.2 Å². The fourth-order valence-corrected chi connectivity index (χ4v) is 6.30. The van der Waals surface area contributed by atoms with Gasteiger partial charge >= 0.3 is 0 Å². The summed E-state index contributed by atoms with van der Waals surface area (Å²) in [5, 5.41) is 2.91. The Labute approximate surface area is 171 Å². The molecule has 28 heavy (non-hydrogen) atoms. The van der Waals surface area contributed by atoms with Gasteiger partial charge in [-0.1, -0.05) is 19.1 Å². The van der Waals surface area contributed by atoms with E-state index in [1.165, 1.54) is 21.2 Å². The second-order valence-electron chi connectivity index (χ2n) is 7.06. The first-order chi connectivity index (χ1) is 13.3. The normalized spacial score (nSPS) is 16.2. The van der Waals surface area contributed by atoms with E-state index in [9.17, 15) is 13.2 Å². The summed E-state index contributed by atoms with van der Waals surface area (Å²) in [6.45, 7) is 8.01. The molecular formula is C20H27N3O3S2. The van der Waals surface area contributed by atoms with Crippen LogP contribution in [0.5, 0.6) is 0 Å². The van der Waals surface area contributed by atoms with Crippen molar-refractivity contribution < 1.29 is 13.2 Å². The summed E-state index contributed by atoms with van der Waals surface area (Å²) < 4.78 is 27.3. The molecule has 152 valence electrons. The second kappa shape index (κ2) is 8.73. The lowest BCUT2D eigenvalue weighted by molar-refractivity contribution is -0.117. The third-order valence-corrected chi connectivity index (χ3v) is 8.08. The first-order valence-corrected chi connectivity index (χ1v) is 11.7. The molecule has 1 amide bonds. The summed E-state index contributed by atoms with van der Waals surface area (Å²) in [5.74, 6) is -0.0788. The number of carbonyl (C=O) groups is 1. The van der Waals surface area contributed by atoms with E-state index in [4.69, 9.17) is 0 Å². The molecule has 6 nitrogen and oxygen atoms in total. The lowest BCUT2D eigenvalue weighted by Crippen LogP contribution is -2.50. The molecule has 1 saturated heterocycles. The van der Waals surface area contributed by atoms with Crippen LogP contribution in [0.3, 0.4) is 0 Å². The molecule has 2 heterocycles. The number of hydrogen-bond acceptors (Lipinski definition) is 5. The molecule has 3 rings (SSSR count). The number of hydrogen-bond donors (Lipinski definition) is 1. The SMILES string of the molecule is CCc1ccc(NC(=O)CN2CCN(S(=O)(=O)c3cc(C)sc3C)CC2)cc1. The summed E-state index contributed by atoms with van der Waals surface area (Å²) in [5.41, 5.74) is 2.01. The quantitative estimate of drug-likeness (QED) is 0.779. The number of sulfonamides is 1. The molecule has 0 spiro atoms. The van der Waals surface area contributed by atoms with E-state index in [-0.39, 0.29) is 12.5 Å². The average molecular weight is 422 g/mol. The molecule has 1 fully saturated rings. The van der Waals surface area contributed by atoms with Gasteiger partial charge in [-0.15, -0.1) is 11.3 Å². The van der Waals surface area contributed by atoms with Crippen molar-refractivity contribution in [3.8, 4) is 0 Å². The summed E-state index contributed by atoms with van der Waals surface area (Å²) in [4.78, 5) is 16.5. The Morgan fingerprint density at radius 2 is 1.75 bits per heavy atom. The van der Waals surface area contributed by atoms with Crippen LogP contribution in [0.1, 0.15) is 22.2 Å². The third-order valence-electron chi connectivity index (χ3n) is 4.96. The van der Waals surface area contributed by atoms with E-state index in [0.29, 0.717) is 31.1 Å². The molecule has 0 radical (unpaired) electrons. The van der Waals surface area contributed by atoms with Crippen molar-refractivity contribution in [3.63, 3.8) is 0 Å². The van der Waals surface area contributed by atoms with Crippen LogP contribution in [0.15, 0.2) is 35.2 Å². The Morgan fingerprint density at radius 3 is 2.29 bits per heavy atom. The van der Waals surface area contributed by atoms with Gasteiger partial charge in [-0.25, -0.2) is 8.42 Å². The first kappa shape index (κ1) is 21.0. The van der Waals surface area contributed by atoms with Crippen LogP contribution in [0, 0.1) is 13.8 Å². The highest BCUT2D eigenvalue weighted by Gasteiger charge is 2.30. The largest absolute Gasteiger partial charge is 0.325 e. The number of amides is 1. The van der Waals surface area contributed by atoms with Gasteiger partial charge in [0.1, 0.15) is 0 Å². The Morgan fingerprint density at radius 1 is 1.11 bits per heavy atom. The van der Waals surface area contributed by atoms with Crippen molar-refractivity contribution in [1.82, 2.24) is 9.21 Å². The Hall–Kier alpha value is -1.74. The molecule has 1 aromatic carbocycles. The van der Waals surface area contributed by atoms with Crippen molar-refractivity contribution in [2.24, 2.45) is 0 Å². The number of aryl methyl sites for hydroxylation is 3. The van der Waals surface area contributed by atoms with Crippen molar-refractivity contribution in [1.29, 1.82) is 0 Å². The number of piperazine rings is 1. The van der Waals surface area contributed by atoms with Crippen LogP contribution in [0.4, 0.5) is 5.69 Å².